The summed E-state index contributed by atoms with van der Waals surface area (Å²) in [6.07, 6.45) is 0. The molecular formula is C26H22ClNO6. The minimum Gasteiger partial charge on any atom is -0.507 e. The fourth-order valence-corrected chi connectivity index (χ4v) is 4.30. The summed E-state index contributed by atoms with van der Waals surface area (Å²) in [5.74, 6) is -1.58. The highest BCUT2D eigenvalue weighted by Gasteiger charge is 2.47. The van der Waals surface area contributed by atoms with Crippen molar-refractivity contribution < 1.29 is 29.3 Å². The predicted octanol–water partition coefficient (Wildman–Crippen LogP) is 5.00. The lowest BCUT2D eigenvalue weighted by Crippen LogP contribution is -2.29. The van der Waals surface area contributed by atoms with Crippen LogP contribution in [-0.4, -0.2) is 36.1 Å². The molecule has 0 saturated carbocycles. The summed E-state index contributed by atoms with van der Waals surface area (Å²) in [6.45, 7) is 1.76. The molecule has 1 unspecified atom stereocenters. The monoisotopic (exact) mass is 479 g/mol. The Morgan fingerprint density at radius 3 is 2.32 bits per heavy atom. The molecule has 3 aromatic rings. The number of methoxy groups -OCH3 is 2. The first-order chi connectivity index (χ1) is 16.3. The number of aliphatic hydroxyl groups excluding tert-OH is 1. The number of Topliss-reactive ketones (excluding diaryl/α,β-unsaturated/α-hetero) is 1. The van der Waals surface area contributed by atoms with Crippen molar-refractivity contribution in [1.29, 1.82) is 0 Å². The highest BCUT2D eigenvalue weighted by atomic mass is 35.5. The summed E-state index contributed by atoms with van der Waals surface area (Å²) in [5.41, 5.74) is 1.78. The zero-order chi connectivity index (χ0) is 24.6. The van der Waals surface area contributed by atoms with E-state index in [1.54, 1.807) is 55.5 Å². The number of ketones is 1. The Balaban J connectivity index is 2.00. The van der Waals surface area contributed by atoms with Crippen molar-refractivity contribution in [3.8, 4) is 17.2 Å². The number of phenolic OH excluding ortho intramolecular Hbond substituents is 1. The van der Waals surface area contributed by atoms with Gasteiger partial charge in [0.1, 0.15) is 11.5 Å². The molecule has 0 spiro atoms. The first-order valence-corrected chi connectivity index (χ1v) is 10.7. The van der Waals surface area contributed by atoms with E-state index in [1.807, 2.05) is 0 Å². The van der Waals surface area contributed by atoms with Gasteiger partial charge in [0.25, 0.3) is 11.7 Å². The van der Waals surface area contributed by atoms with E-state index >= 15 is 0 Å². The standard InChI is InChI=1S/C26H22ClNO6/c1-14-11-17(33-2)9-10-18(14)23(29)21-22(15-12-19(27)24(30)20(13-15)34-3)28(26(32)25(21)31)16-7-5-4-6-8-16/h4-13,22,29-30H,1-3H3/b23-21+. The van der Waals surface area contributed by atoms with Crippen LogP contribution in [-0.2, 0) is 9.59 Å². The number of nitrogens with zero attached hydrogens (tertiary/aromatic N) is 1. The van der Waals surface area contributed by atoms with Gasteiger partial charge in [0, 0.05) is 11.3 Å². The molecule has 0 radical (unpaired) electrons. The number of ether oxygens (including phenoxy) is 2. The molecule has 0 aromatic heterocycles. The quantitative estimate of drug-likeness (QED) is 0.304. The Labute approximate surface area is 201 Å². The summed E-state index contributed by atoms with van der Waals surface area (Å²) >= 11 is 6.23. The van der Waals surface area contributed by atoms with Crippen LogP contribution in [0.3, 0.4) is 0 Å². The van der Waals surface area contributed by atoms with Gasteiger partial charge in [-0.1, -0.05) is 29.8 Å². The van der Waals surface area contributed by atoms with Crippen molar-refractivity contribution in [2.45, 2.75) is 13.0 Å². The Hall–Kier alpha value is -3.97. The third-order valence-electron chi connectivity index (χ3n) is 5.75. The molecular weight excluding hydrogens is 458 g/mol. The van der Waals surface area contributed by atoms with E-state index in [9.17, 15) is 19.8 Å². The molecule has 1 fully saturated rings. The number of aromatic hydroxyl groups is 1. The third-order valence-corrected chi connectivity index (χ3v) is 6.04. The second-order valence-electron chi connectivity index (χ2n) is 7.74. The molecule has 1 atom stereocenters. The van der Waals surface area contributed by atoms with Crippen LogP contribution in [0.1, 0.15) is 22.7 Å². The smallest absolute Gasteiger partial charge is 0.300 e. The van der Waals surface area contributed by atoms with E-state index in [2.05, 4.69) is 0 Å². The van der Waals surface area contributed by atoms with Crippen LogP contribution in [0.25, 0.3) is 5.76 Å². The number of para-hydroxylation sites is 1. The Kier molecular flexibility index (Phi) is 6.22. The summed E-state index contributed by atoms with van der Waals surface area (Å²) < 4.78 is 10.5. The van der Waals surface area contributed by atoms with Crippen LogP contribution in [0, 0.1) is 6.92 Å². The Morgan fingerprint density at radius 2 is 1.71 bits per heavy atom. The van der Waals surface area contributed by atoms with E-state index in [4.69, 9.17) is 21.1 Å². The maximum absolute atomic E-state index is 13.3. The number of hydrogen-bond donors (Lipinski definition) is 2. The molecule has 7 nitrogen and oxygen atoms in total. The lowest BCUT2D eigenvalue weighted by atomic mass is 9.93. The zero-order valence-electron chi connectivity index (χ0n) is 18.7. The van der Waals surface area contributed by atoms with Crippen molar-refractivity contribution in [3.63, 3.8) is 0 Å². The number of phenols is 1. The van der Waals surface area contributed by atoms with Gasteiger partial charge in [-0.2, -0.15) is 0 Å². The van der Waals surface area contributed by atoms with Crippen LogP contribution in [0.15, 0.2) is 66.2 Å². The third kappa shape index (κ3) is 3.84. The molecule has 0 bridgehead atoms. The zero-order valence-corrected chi connectivity index (χ0v) is 19.5. The van der Waals surface area contributed by atoms with Gasteiger partial charge in [-0.25, -0.2) is 0 Å². The number of aryl methyl sites for hydroxylation is 1. The van der Waals surface area contributed by atoms with E-state index in [1.165, 1.54) is 31.3 Å². The fourth-order valence-electron chi connectivity index (χ4n) is 4.08. The maximum atomic E-state index is 13.3. The lowest BCUT2D eigenvalue weighted by molar-refractivity contribution is -0.132. The molecule has 1 aliphatic rings. The molecule has 8 heteroatoms. The van der Waals surface area contributed by atoms with Crippen molar-refractivity contribution in [2.75, 3.05) is 19.1 Å². The van der Waals surface area contributed by atoms with E-state index < -0.39 is 17.7 Å². The summed E-state index contributed by atoms with van der Waals surface area (Å²) in [5, 5.41) is 21.5. The largest absolute Gasteiger partial charge is 0.507 e. The minimum atomic E-state index is -1.02. The molecule has 1 aliphatic heterocycles. The van der Waals surface area contributed by atoms with E-state index in [0.29, 0.717) is 28.1 Å². The van der Waals surface area contributed by atoms with Gasteiger partial charge in [-0.05, 0) is 60.5 Å². The average molecular weight is 480 g/mol. The molecule has 2 N–H and O–H groups in total. The number of benzene rings is 3. The van der Waals surface area contributed by atoms with Crippen LogP contribution in [0.2, 0.25) is 5.02 Å². The molecule has 1 saturated heterocycles. The van der Waals surface area contributed by atoms with Gasteiger partial charge in [-0.3, -0.25) is 14.5 Å². The first-order valence-electron chi connectivity index (χ1n) is 10.4. The van der Waals surface area contributed by atoms with Crippen molar-refractivity contribution in [3.05, 3.63) is 87.9 Å². The van der Waals surface area contributed by atoms with Gasteiger partial charge < -0.3 is 19.7 Å². The number of halogens is 1. The van der Waals surface area contributed by atoms with Crippen LogP contribution in [0.5, 0.6) is 17.2 Å². The molecule has 1 heterocycles. The number of rotatable bonds is 5. The number of aliphatic hydroxyl groups is 1. The lowest BCUT2D eigenvalue weighted by Gasteiger charge is -2.26. The molecule has 3 aromatic carbocycles. The summed E-state index contributed by atoms with van der Waals surface area (Å²) in [4.78, 5) is 27.8. The first kappa shape index (κ1) is 23.2. The highest BCUT2D eigenvalue weighted by molar-refractivity contribution is 6.51. The van der Waals surface area contributed by atoms with Crippen LogP contribution in [0.4, 0.5) is 5.69 Å². The van der Waals surface area contributed by atoms with Gasteiger partial charge >= 0.3 is 0 Å². The van der Waals surface area contributed by atoms with Crippen LogP contribution < -0.4 is 14.4 Å². The van der Waals surface area contributed by atoms with Gasteiger partial charge in [-0.15, -0.1) is 0 Å². The van der Waals surface area contributed by atoms with E-state index in [0.717, 1.165) is 0 Å². The number of carbonyl (C=O) groups is 2. The van der Waals surface area contributed by atoms with Crippen molar-refractivity contribution in [1.82, 2.24) is 0 Å². The van der Waals surface area contributed by atoms with Gasteiger partial charge in [0.05, 0.1) is 30.9 Å². The SMILES string of the molecule is COc1ccc(/C(O)=C2\C(=O)C(=O)N(c3ccccc3)C2c2cc(Cl)c(O)c(OC)c2)c(C)c1. The number of hydrogen-bond acceptors (Lipinski definition) is 6. The topological polar surface area (TPSA) is 96.3 Å². The molecule has 174 valence electrons. The summed E-state index contributed by atoms with van der Waals surface area (Å²) in [6, 6.07) is 15.6. The molecule has 4 rings (SSSR count). The normalized spacial score (nSPS) is 17.2. The number of amides is 1. The predicted molar refractivity (Wildman–Crippen MR) is 129 cm³/mol. The maximum Gasteiger partial charge on any atom is 0.300 e. The summed E-state index contributed by atoms with van der Waals surface area (Å²) in [7, 11) is 2.89. The molecule has 34 heavy (non-hydrogen) atoms. The Morgan fingerprint density at radius 1 is 1.00 bits per heavy atom. The number of anilines is 1. The van der Waals surface area contributed by atoms with Crippen molar-refractivity contribution in [2.24, 2.45) is 0 Å². The second kappa shape index (κ2) is 9.11. The highest BCUT2D eigenvalue weighted by Crippen LogP contribution is 2.46. The molecule has 0 aliphatic carbocycles. The molecule has 1 amide bonds. The fraction of sp³-hybridized carbons (Fsp3) is 0.154. The second-order valence-corrected chi connectivity index (χ2v) is 8.15. The minimum absolute atomic E-state index is 0.0198. The van der Waals surface area contributed by atoms with E-state index in [-0.39, 0.29) is 27.9 Å². The Bertz CT molecular complexity index is 1320. The van der Waals surface area contributed by atoms with Gasteiger partial charge in [0.15, 0.2) is 11.5 Å². The van der Waals surface area contributed by atoms with Crippen LogP contribution >= 0.6 is 11.6 Å². The average Bonchev–Trinajstić information content (AvgIpc) is 3.11. The van der Waals surface area contributed by atoms with Crippen molar-refractivity contribution >= 4 is 34.7 Å². The number of carbonyl (C=O) groups excluding carboxylic acids is 2. The van der Waals surface area contributed by atoms with Gasteiger partial charge in [0.2, 0.25) is 0 Å².